The van der Waals surface area contributed by atoms with Crippen molar-refractivity contribution in [3.63, 3.8) is 0 Å². The van der Waals surface area contributed by atoms with Crippen LogP contribution in [0.1, 0.15) is 201 Å². The number of nitrogens with one attached hydrogen (secondary N) is 4. The molecule has 8 aliphatic rings. The number of hydroxylamine groups is 4. The van der Waals surface area contributed by atoms with Crippen LogP contribution < -0.4 is 21.9 Å². The number of pyridine rings is 1. The van der Waals surface area contributed by atoms with Gasteiger partial charge in [0.15, 0.2) is 0 Å². The standard InChI is InChI=1S/C18H17F2N3O2.C18H18FN3O2.C18H17FN2O2.C17H16FN3O2/c1-9-12(3-2-4-13(9)19)16-15(18(16,20)17(24)23-25)11-7-14(10-5-6-10)22-21-8-11;1-10-4-2-3-5-13(10)16-15(18(16,19)17(23)22-24)12-8-14(11-6-7-11)21-20-9-12;19-18(17(22)21-23)15(12-4-2-1-3-5-12)16(18)13-8-9-20-14(10-13)11-6-7-11;18-17(16(22)21-23)14(11-4-2-1-3-5-11)15(17)12-8-13(10-6-7-10)20-19-9-12/h2-4,7-8,10,15-16,25H,5-6H2,1H3,(H,23,24);2-5,8-9,11,15-16,24H,6-7H2,1H3,(H,22,23);1-5,8-11,15-16,23H,6-7H2,(H,21,22);1-5,8-10,14-15,23H,6-7H2,(H,21,22)/t2*15-,16-,18-;15-,16-,18+;14-,15-,17+/m1111/s1. The van der Waals surface area contributed by atoms with E-state index in [4.69, 9.17) is 20.8 Å². The minimum atomic E-state index is -2.35. The van der Waals surface area contributed by atoms with Crippen molar-refractivity contribution in [3.05, 3.63) is 242 Å². The number of carbonyl (C=O) groups is 4. The lowest BCUT2D eigenvalue weighted by molar-refractivity contribution is -0.136. The molecule has 0 unspecified atom stereocenters. The molecule has 24 heteroatoms. The van der Waals surface area contributed by atoms with Crippen LogP contribution in [-0.4, -0.2) is 103 Å². The predicted molar refractivity (Wildman–Crippen MR) is 330 cm³/mol. The Bertz CT molecular complexity index is 4100. The highest BCUT2D eigenvalue weighted by Crippen LogP contribution is 2.70. The summed E-state index contributed by atoms with van der Waals surface area (Å²) in [5.41, 5.74) is 7.00. The number of hydrogen-bond donors (Lipinski definition) is 8. The van der Waals surface area contributed by atoms with Gasteiger partial charge in [-0.3, -0.25) is 45.0 Å². The molecule has 95 heavy (non-hydrogen) atoms. The molecule has 0 radical (unpaired) electrons. The van der Waals surface area contributed by atoms with E-state index in [-0.39, 0.29) is 0 Å². The third-order valence-corrected chi connectivity index (χ3v) is 20.1. The van der Waals surface area contributed by atoms with Gasteiger partial charge in [0.1, 0.15) is 5.82 Å². The van der Waals surface area contributed by atoms with E-state index in [1.165, 1.54) is 52.6 Å². The minimum absolute atomic E-state index is 0.298. The molecule has 0 aliphatic heterocycles. The molecule has 16 rings (SSSR count). The lowest BCUT2D eigenvalue weighted by Gasteiger charge is -2.08. The average molecular weight is 1300 g/mol. The Labute approximate surface area is 542 Å². The second kappa shape index (κ2) is 25.4. The van der Waals surface area contributed by atoms with Gasteiger partial charge in [0.05, 0.1) is 35.7 Å². The van der Waals surface area contributed by atoms with Gasteiger partial charge in [-0.15, -0.1) is 0 Å². The van der Waals surface area contributed by atoms with Gasteiger partial charge in [-0.1, -0.05) is 97.1 Å². The van der Waals surface area contributed by atoms with E-state index in [2.05, 4.69) is 35.6 Å². The summed E-state index contributed by atoms with van der Waals surface area (Å²) in [5, 5.41) is 60.0. The van der Waals surface area contributed by atoms with Gasteiger partial charge in [0, 0.05) is 82.9 Å². The normalized spacial score (nSPS) is 28.6. The van der Waals surface area contributed by atoms with E-state index in [1.807, 2.05) is 97.9 Å². The van der Waals surface area contributed by atoms with Crippen LogP contribution in [0.4, 0.5) is 22.0 Å². The molecule has 8 aromatic rings. The molecule has 4 heterocycles. The number of benzene rings is 4. The highest BCUT2D eigenvalue weighted by atomic mass is 19.2. The van der Waals surface area contributed by atoms with Crippen molar-refractivity contribution in [1.82, 2.24) is 57.5 Å². The van der Waals surface area contributed by atoms with Crippen LogP contribution >= 0.6 is 0 Å². The fraction of sp³-hybridized carbons (Fsp3) is 0.366. The molecule has 8 N–H and O–H groups in total. The van der Waals surface area contributed by atoms with E-state index in [9.17, 15) is 23.6 Å². The van der Waals surface area contributed by atoms with Crippen molar-refractivity contribution < 1.29 is 62.0 Å². The summed E-state index contributed by atoms with van der Waals surface area (Å²) in [7, 11) is 0. The first-order chi connectivity index (χ1) is 45.9. The Hall–Kier alpha value is -9.36. The number of nitrogens with zero attached hydrogens (tertiary/aromatic N) is 7. The zero-order valence-corrected chi connectivity index (χ0v) is 51.5. The van der Waals surface area contributed by atoms with Crippen molar-refractivity contribution in [3.8, 4) is 0 Å². The molecule has 4 amide bonds. The first-order valence-corrected chi connectivity index (χ1v) is 31.7. The average Bonchev–Trinajstić information content (AvgIpc) is 1.56. The molecule has 0 saturated heterocycles. The highest BCUT2D eigenvalue weighted by molar-refractivity contribution is 5.94. The largest absolute Gasteiger partial charge is 0.289 e. The van der Waals surface area contributed by atoms with E-state index >= 15 is 17.6 Å². The number of rotatable bonds is 16. The maximum atomic E-state index is 15.5. The molecule has 4 aromatic heterocycles. The molecule has 8 saturated carbocycles. The van der Waals surface area contributed by atoms with Crippen LogP contribution in [0.3, 0.4) is 0 Å². The summed E-state index contributed by atoms with van der Waals surface area (Å²) >= 11 is 0. The number of alkyl halides is 4. The molecule has 8 aliphatic carbocycles. The Morgan fingerprint density at radius 3 is 1.12 bits per heavy atom. The summed E-state index contributed by atoms with van der Waals surface area (Å²) in [5.74, 6) is -8.51. The van der Waals surface area contributed by atoms with Gasteiger partial charge in [-0.2, -0.15) is 30.6 Å². The molecule has 0 bridgehead atoms. The Morgan fingerprint density at radius 2 is 0.716 bits per heavy atom. The number of hydrogen-bond acceptors (Lipinski definition) is 15. The lowest BCUT2D eigenvalue weighted by atomic mass is 10.00. The zero-order chi connectivity index (χ0) is 66.7. The summed E-state index contributed by atoms with van der Waals surface area (Å²) in [6, 6.07) is 39.1. The van der Waals surface area contributed by atoms with E-state index in [0.717, 1.165) is 102 Å². The second-order valence-corrected chi connectivity index (χ2v) is 26.1. The monoisotopic (exact) mass is 1300 g/mol. The van der Waals surface area contributed by atoms with Crippen LogP contribution in [0.5, 0.6) is 0 Å². The number of aromatic nitrogens is 7. The molecule has 8 fully saturated rings. The zero-order valence-electron chi connectivity index (χ0n) is 51.5. The SMILES string of the molecule is Cc1c(F)cccc1[C@@H]1[C@@H](c2cnnc(C3CC3)c2)[C@]1(F)C(=O)NO.Cc1ccccc1[C@@H]1[C@@H](c2cnnc(C3CC3)c2)[C@]1(F)C(=O)NO.O=C(NO)[C@]1(F)[C@H](c2ccccc2)[C@H]1c1ccnc(C2CC2)c1.O=C(NO)[C@]1(F)[C@H](c2ccccc2)[C@H]1c1cnnc(C2CC2)c1. The third-order valence-electron chi connectivity index (χ3n) is 20.1. The van der Waals surface area contributed by atoms with Gasteiger partial charge in [-0.05, 0) is 157 Å². The van der Waals surface area contributed by atoms with Gasteiger partial charge in [0.2, 0.25) is 22.7 Å². The third kappa shape index (κ3) is 12.0. The second-order valence-electron chi connectivity index (χ2n) is 26.1. The minimum Gasteiger partial charge on any atom is -0.289 e. The number of aryl methyl sites for hydroxylation is 1. The van der Waals surface area contributed by atoms with Gasteiger partial charge >= 0.3 is 0 Å². The quantitative estimate of drug-likeness (QED) is 0.0254. The van der Waals surface area contributed by atoms with E-state index in [0.29, 0.717) is 51.5 Å². The summed E-state index contributed by atoms with van der Waals surface area (Å²) < 4.78 is 75.6. The van der Waals surface area contributed by atoms with Crippen molar-refractivity contribution >= 4 is 23.6 Å². The Balaban J connectivity index is 0.000000115. The summed E-state index contributed by atoms with van der Waals surface area (Å²) in [6.07, 6.45) is 14.7. The van der Waals surface area contributed by atoms with Crippen molar-refractivity contribution in [2.45, 2.75) is 159 Å². The number of halogens is 5. The lowest BCUT2D eigenvalue weighted by Crippen LogP contribution is -2.33. The van der Waals surface area contributed by atoms with Crippen molar-refractivity contribution in [1.29, 1.82) is 0 Å². The van der Waals surface area contributed by atoms with Gasteiger partial charge in [0.25, 0.3) is 23.6 Å². The molecule has 12 atom stereocenters. The Morgan fingerprint density at radius 1 is 0.389 bits per heavy atom. The molecule has 19 nitrogen and oxygen atoms in total. The van der Waals surface area contributed by atoms with Crippen molar-refractivity contribution in [2.24, 2.45) is 0 Å². The number of carbonyl (C=O) groups excluding carboxylic acids is 4. The fourth-order valence-corrected chi connectivity index (χ4v) is 14.2. The predicted octanol–water partition coefficient (Wildman–Crippen LogP) is 11.2. The topological polar surface area (TPSA) is 288 Å². The maximum absolute atomic E-state index is 15.5. The van der Waals surface area contributed by atoms with Crippen LogP contribution in [-0.2, 0) is 19.2 Å². The molecule has 0 spiro atoms. The highest BCUT2D eigenvalue weighted by Gasteiger charge is 2.75. The maximum Gasteiger partial charge on any atom is 0.282 e. The molecular formula is C71H68F5N11O8. The number of amides is 4. The molecule has 490 valence electrons. The summed E-state index contributed by atoms with van der Waals surface area (Å²) in [6.45, 7) is 3.44. The van der Waals surface area contributed by atoms with Crippen LogP contribution in [0, 0.1) is 19.7 Å². The first-order valence-electron chi connectivity index (χ1n) is 31.7. The van der Waals surface area contributed by atoms with Crippen molar-refractivity contribution in [2.75, 3.05) is 0 Å². The van der Waals surface area contributed by atoms with E-state index < -0.39 is 99.5 Å². The molecule has 4 aromatic carbocycles. The summed E-state index contributed by atoms with van der Waals surface area (Å²) in [4.78, 5) is 52.3. The Kier molecular flexibility index (Phi) is 17.2. The smallest absolute Gasteiger partial charge is 0.282 e. The van der Waals surface area contributed by atoms with Crippen LogP contribution in [0.25, 0.3) is 0 Å². The van der Waals surface area contributed by atoms with Gasteiger partial charge < -0.3 is 0 Å². The first kappa shape index (κ1) is 64.4. The molecular weight excluding hydrogens is 1230 g/mol. The van der Waals surface area contributed by atoms with Gasteiger partial charge in [-0.25, -0.2) is 43.9 Å². The van der Waals surface area contributed by atoms with E-state index in [1.54, 1.807) is 43.5 Å². The van der Waals surface area contributed by atoms with Crippen LogP contribution in [0.2, 0.25) is 0 Å². The van der Waals surface area contributed by atoms with Crippen LogP contribution in [0.15, 0.2) is 158 Å². The fourth-order valence-electron chi connectivity index (χ4n) is 14.2.